The second-order valence-electron chi connectivity index (χ2n) is 4.56. The maximum atomic E-state index is 12.3. The van der Waals surface area contributed by atoms with Gasteiger partial charge in [-0.25, -0.2) is 4.79 Å². The fourth-order valence-corrected chi connectivity index (χ4v) is 2.67. The summed E-state index contributed by atoms with van der Waals surface area (Å²) in [4.78, 5) is 23.6. The molecule has 20 heavy (non-hydrogen) atoms. The Morgan fingerprint density at radius 3 is 2.45 bits per heavy atom. The van der Waals surface area contributed by atoms with Gasteiger partial charge in [-0.1, -0.05) is 30.3 Å². The highest BCUT2D eigenvalue weighted by Crippen LogP contribution is 2.21. The van der Waals surface area contributed by atoms with Gasteiger partial charge in [0.25, 0.3) is 5.56 Å². The fourth-order valence-electron chi connectivity index (χ4n) is 2.25. The SMILES string of the molecule is Cc1c(C(=O)O)cc(Br)c(=O)n1C(C)c1ccccc1. The van der Waals surface area contributed by atoms with Gasteiger partial charge >= 0.3 is 5.97 Å². The Hall–Kier alpha value is -1.88. The predicted molar refractivity (Wildman–Crippen MR) is 80.4 cm³/mol. The average Bonchev–Trinajstić information content (AvgIpc) is 2.43. The second-order valence-corrected chi connectivity index (χ2v) is 5.41. The van der Waals surface area contributed by atoms with Crippen LogP contribution in [0.4, 0.5) is 0 Å². The Kier molecular flexibility index (Phi) is 4.09. The van der Waals surface area contributed by atoms with E-state index in [0.29, 0.717) is 5.69 Å². The highest BCUT2D eigenvalue weighted by atomic mass is 79.9. The molecule has 104 valence electrons. The van der Waals surface area contributed by atoms with E-state index in [-0.39, 0.29) is 21.6 Å². The van der Waals surface area contributed by atoms with E-state index in [2.05, 4.69) is 15.9 Å². The number of carboxylic acids is 1. The first-order valence-corrected chi connectivity index (χ1v) is 6.92. The smallest absolute Gasteiger partial charge is 0.337 e. The lowest BCUT2D eigenvalue weighted by Gasteiger charge is -2.20. The summed E-state index contributed by atoms with van der Waals surface area (Å²) in [6.07, 6.45) is 0. The van der Waals surface area contributed by atoms with Gasteiger partial charge in [-0.05, 0) is 41.4 Å². The molecule has 2 rings (SSSR count). The molecule has 0 saturated carbocycles. The van der Waals surface area contributed by atoms with Gasteiger partial charge in [0, 0.05) is 5.69 Å². The van der Waals surface area contributed by atoms with Crippen LogP contribution < -0.4 is 5.56 Å². The first-order chi connectivity index (χ1) is 9.43. The van der Waals surface area contributed by atoms with Crippen LogP contribution in [-0.4, -0.2) is 15.6 Å². The molecule has 0 spiro atoms. The number of aromatic nitrogens is 1. The molecule has 0 aliphatic carbocycles. The van der Waals surface area contributed by atoms with Gasteiger partial charge in [0.1, 0.15) is 0 Å². The molecule has 4 nitrogen and oxygen atoms in total. The minimum absolute atomic E-state index is 0.124. The van der Waals surface area contributed by atoms with Gasteiger partial charge in [0.2, 0.25) is 0 Å². The summed E-state index contributed by atoms with van der Waals surface area (Å²) in [7, 11) is 0. The molecule has 1 atom stereocenters. The maximum Gasteiger partial charge on any atom is 0.337 e. The summed E-state index contributed by atoms with van der Waals surface area (Å²) in [5.74, 6) is -1.04. The summed E-state index contributed by atoms with van der Waals surface area (Å²) < 4.78 is 1.76. The van der Waals surface area contributed by atoms with Crippen LogP contribution in [0.25, 0.3) is 0 Å². The van der Waals surface area contributed by atoms with Gasteiger partial charge in [-0.3, -0.25) is 4.79 Å². The molecular weight excluding hydrogens is 322 g/mol. The summed E-state index contributed by atoms with van der Waals surface area (Å²) >= 11 is 3.14. The Morgan fingerprint density at radius 1 is 1.30 bits per heavy atom. The molecule has 1 N–H and O–H groups in total. The van der Waals surface area contributed by atoms with Crippen molar-refractivity contribution in [1.82, 2.24) is 4.57 Å². The topological polar surface area (TPSA) is 59.3 Å². The molecule has 0 fully saturated rings. The van der Waals surface area contributed by atoms with Crippen LogP contribution in [0, 0.1) is 6.92 Å². The van der Waals surface area contributed by atoms with Gasteiger partial charge in [0.05, 0.1) is 16.1 Å². The lowest BCUT2D eigenvalue weighted by atomic mass is 10.1. The summed E-state index contributed by atoms with van der Waals surface area (Å²) in [5.41, 5.74) is 1.29. The fraction of sp³-hybridized carbons (Fsp3) is 0.200. The van der Waals surface area contributed by atoms with Crippen LogP contribution in [0.15, 0.2) is 45.7 Å². The van der Waals surface area contributed by atoms with E-state index in [1.54, 1.807) is 6.92 Å². The van der Waals surface area contributed by atoms with Crippen molar-refractivity contribution in [3.8, 4) is 0 Å². The number of aromatic carboxylic acids is 1. The number of rotatable bonds is 3. The van der Waals surface area contributed by atoms with Crippen molar-refractivity contribution in [2.45, 2.75) is 19.9 Å². The van der Waals surface area contributed by atoms with E-state index in [9.17, 15) is 14.7 Å². The van der Waals surface area contributed by atoms with E-state index in [1.165, 1.54) is 10.6 Å². The molecule has 2 aromatic rings. The molecule has 0 amide bonds. The van der Waals surface area contributed by atoms with Crippen LogP contribution in [-0.2, 0) is 0 Å². The molecule has 1 aromatic heterocycles. The number of hydrogen-bond donors (Lipinski definition) is 1. The quantitative estimate of drug-likeness (QED) is 0.936. The molecule has 1 unspecified atom stereocenters. The van der Waals surface area contributed by atoms with E-state index in [1.807, 2.05) is 37.3 Å². The number of carboxylic acid groups (broad SMARTS) is 1. The largest absolute Gasteiger partial charge is 0.478 e. The van der Waals surface area contributed by atoms with E-state index >= 15 is 0 Å². The number of pyridine rings is 1. The minimum Gasteiger partial charge on any atom is -0.478 e. The van der Waals surface area contributed by atoms with Crippen molar-refractivity contribution < 1.29 is 9.90 Å². The third kappa shape index (κ3) is 2.54. The van der Waals surface area contributed by atoms with Gasteiger partial charge in [0.15, 0.2) is 0 Å². The Labute approximate surface area is 124 Å². The van der Waals surface area contributed by atoms with Crippen molar-refractivity contribution in [1.29, 1.82) is 0 Å². The zero-order valence-electron chi connectivity index (χ0n) is 11.1. The van der Waals surface area contributed by atoms with Gasteiger partial charge in [-0.2, -0.15) is 0 Å². The third-order valence-electron chi connectivity index (χ3n) is 3.34. The highest BCUT2D eigenvalue weighted by Gasteiger charge is 2.19. The minimum atomic E-state index is -1.04. The van der Waals surface area contributed by atoms with Crippen molar-refractivity contribution in [2.75, 3.05) is 0 Å². The number of hydrogen-bond acceptors (Lipinski definition) is 2. The van der Waals surface area contributed by atoms with Crippen LogP contribution >= 0.6 is 15.9 Å². The van der Waals surface area contributed by atoms with Gasteiger partial charge < -0.3 is 9.67 Å². The summed E-state index contributed by atoms with van der Waals surface area (Å²) in [6, 6.07) is 10.6. The molecule has 1 aromatic carbocycles. The number of halogens is 1. The molecule has 0 aliphatic rings. The van der Waals surface area contributed by atoms with Crippen molar-refractivity contribution in [3.05, 3.63) is 68.0 Å². The molecule has 0 saturated heterocycles. The first-order valence-electron chi connectivity index (χ1n) is 6.13. The zero-order valence-corrected chi connectivity index (χ0v) is 12.7. The second kappa shape index (κ2) is 5.63. The number of benzene rings is 1. The predicted octanol–water partition coefficient (Wildman–Crippen LogP) is 3.23. The lowest BCUT2D eigenvalue weighted by Crippen LogP contribution is -2.28. The average molecular weight is 336 g/mol. The van der Waals surface area contributed by atoms with Crippen molar-refractivity contribution in [2.24, 2.45) is 0 Å². The summed E-state index contributed by atoms with van der Waals surface area (Å²) in [6.45, 7) is 3.53. The Morgan fingerprint density at radius 2 is 1.90 bits per heavy atom. The first kappa shape index (κ1) is 14.5. The molecule has 0 radical (unpaired) electrons. The monoisotopic (exact) mass is 335 g/mol. The number of carbonyl (C=O) groups is 1. The maximum absolute atomic E-state index is 12.3. The van der Waals surface area contributed by atoms with Crippen molar-refractivity contribution in [3.63, 3.8) is 0 Å². The lowest BCUT2D eigenvalue weighted by molar-refractivity contribution is 0.0694. The van der Waals surface area contributed by atoms with Crippen LogP contribution in [0.3, 0.4) is 0 Å². The molecule has 5 heteroatoms. The van der Waals surface area contributed by atoms with Crippen molar-refractivity contribution >= 4 is 21.9 Å². The standard InChI is InChI=1S/C15H14BrNO3/c1-9(11-6-4-3-5-7-11)17-10(2)12(15(19)20)8-13(16)14(17)18/h3-9H,1-2H3,(H,19,20). The van der Waals surface area contributed by atoms with Crippen LogP contribution in [0.1, 0.15) is 34.6 Å². The molecule has 1 heterocycles. The van der Waals surface area contributed by atoms with E-state index in [0.717, 1.165) is 5.56 Å². The van der Waals surface area contributed by atoms with Crippen LogP contribution in [0.5, 0.6) is 0 Å². The Bertz CT molecular complexity index is 707. The zero-order chi connectivity index (χ0) is 14.9. The molecule has 0 bridgehead atoms. The van der Waals surface area contributed by atoms with E-state index in [4.69, 9.17) is 0 Å². The van der Waals surface area contributed by atoms with Gasteiger partial charge in [-0.15, -0.1) is 0 Å². The van der Waals surface area contributed by atoms with E-state index < -0.39 is 5.97 Å². The van der Waals surface area contributed by atoms with Crippen LogP contribution in [0.2, 0.25) is 0 Å². The highest BCUT2D eigenvalue weighted by molar-refractivity contribution is 9.10. The summed E-state index contributed by atoms with van der Waals surface area (Å²) in [5, 5.41) is 9.22. The number of nitrogens with zero attached hydrogens (tertiary/aromatic N) is 1. The molecular formula is C15H14BrNO3. The molecule has 0 aliphatic heterocycles. The Balaban J connectivity index is 2.68. The third-order valence-corrected chi connectivity index (χ3v) is 3.91. The normalized spacial score (nSPS) is 12.2.